The van der Waals surface area contributed by atoms with Gasteiger partial charge in [-0.1, -0.05) is 6.07 Å². The molecule has 0 aromatic heterocycles. The van der Waals surface area contributed by atoms with Gasteiger partial charge in [0.1, 0.15) is 0 Å². The Morgan fingerprint density at radius 1 is 1.50 bits per heavy atom. The number of amides is 1. The van der Waals surface area contributed by atoms with Gasteiger partial charge in [-0.3, -0.25) is 14.9 Å². The average Bonchev–Trinajstić information content (AvgIpc) is 2.35. The number of rotatable bonds is 5. The predicted octanol–water partition coefficient (Wildman–Crippen LogP) is 2.60. The van der Waals surface area contributed by atoms with E-state index in [4.69, 9.17) is 11.6 Å². The number of carbonyl (C=O) groups excluding carboxylic acids is 1. The van der Waals surface area contributed by atoms with Crippen LogP contribution in [0.25, 0.3) is 0 Å². The van der Waals surface area contributed by atoms with E-state index in [1.165, 1.54) is 17.0 Å². The molecule has 0 aliphatic carbocycles. The molecular weight excluding hydrogens is 256 g/mol. The second-order valence-electron chi connectivity index (χ2n) is 4.03. The van der Waals surface area contributed by atoms with Crippen LogP contribution in [0.1, 0.15) is 22.3 Å². The molecule has 0 saturated heterocycles. The number of alkyl halides is 1. The Balaban J connectivity index is 2.97. The molecular formula is C12H15ClN2O3. The summed E-state index contributed by atoms with van der Waals surface area (Å²) < 4.78 is 0. The summed E-state index contributed by atoms with van der Waals surface area (Å²) in [6.45, 7) is 2.29. The van der Waals surface area contributed by atoms with Gasteiger partial charge in [0, 0.05) is 37.2 Å². The largest absolute Gasteiger partial charge is 0.342 e. The number of hydrogen-bond donors (Lipinski definition) is 0. The van der Waals surface area contributed by atoms with E-state index in [9.17, 15) is 14.9 Å². The third-order valence-corrected chi connectivity index (χ3v) is 2.90. The van der Waals surface area contributed by atoms with Crippen LogP contribution < -0.4 is 0 Å². The first-order valence-electron chi connectivity index (χ1n) is 5.54. The Labute approximate surface area is 110 Å². The fourth-order valence-corrected chi connectivity index (χ4v) is 1.68. The molecule has 0 atom stereocenters. The first kappa shape index (κ1) is 14.4. The molecule has 1 rings (SSSR count). The first-order valence-corrected chi connectivity index (χ1v) is 6.07. The summed E-state index contributed by atoms with van der Waals surface area (Å²) in [5.41, 5.74) is 1.01. The van der Waals surface area contributed by atoms with Gasteiger partial charge in [-0.05, 0) is 18.9 Å². The van der Waals surface area contributed by atoms with E-state index in [1.807, 2.05) is 0 Å². The Bertz CT molecular complexity index is 463. The van der Waals surface area contributed by atoms with E-state index in [0.717, 1.165) is 5.56 Å². The van der Waals surface area contributed by atoms with E-state index < -0.39 is 4.92 Å². The zero-order valence-corrected chi connectivity index (χ0v) is 11.1. The quantitative estimate of drug-likeness (QED) is 0.469. The molecule has 0 aliphatic rings. The molecule has 1 aromatic rings. The van der Waals surface area contributed by atoms with Crippen molar-refractivity contribution in [2.75, 3.05) is 19.5 Å². The number of nitrogens with zero attached hydrogens (tertiary/aromatic N) is 2. The molecule has 6 heteroatoms. The fraction of sp³-hybridized carbons (Fsp3) is 0.417. The SMILES string of the molecule is Cc1ccc([N+](=O)[O-])cc1C(=O)N(C)CCCCl. The lowest BCUT2D eigenvalue weighted by molar-refractivity contribution is -0.384. The predicted molar refractivity (Wildman–Crippen MR) is 70.1 cm³/mol. The zero-order chi connectivity index (χ0) is 13.7. The van der Waals surface area contributed by atoms with E-state index in [2.05, 4.69) is 0 Å². The monoisotopic (exact) mass is 270 g/mol. The first-order chi connectivity index (χ1) is 8.47. The fourth-order valence-electron chi connectivity index (χ4n) is 1.56. The minimum atomic E-state index is -0.505. The Kier molecular flexibility index (Phi) is 5.09. The average molecular weight is 271 g/mol. The molecule has 0 N–H and O–H groups in total. The van der Waals surface area contributed by atoms with Crippen LogP contribution in [0.5, 0.6) is 0 Å². The van der Waals surface area contributed by atoms with Crippen LogP contribution in [0.3, 0.4) is 0 Å². The van der Waals surface area contributed by atoms with Crippen molar-refractivity contribution >= 4 is 23.2 Å². The van der Waals surface area contributed by atoms with Crippen LogP contribution in [0.15, 0.2) is 18.2 Å². The lowest BCUT2D eigenvalue weighted by Crippen LogP contribution is -2.28. The van der Waals surface area contributed by atoms with Gasteiger partial charge in [0.2, 0.25) is 0 Å². The van der Waals surface area contributed by atoms with Gasteiger partial charge in [-0.15, -0.1) is 11.6 Å². The van der Waals surface area contributed by atoms with Crippen molar-refractivity contribution in [2.45, 2.75) is 13.3 Å². The summed E-state index contributed by atoms with van der Waals surface area (Å²) in [5, 5.41) is 10.7. The Morgan fingerprint density at radius 3 is 2.72 bits per heavy atom. The lowest BCUT2D eigenvalue weighted by atomic mass is 10.1. The third-order valence-electron chi connectivity index (χ3n) is 2.64. The summed E-state index contributed by atoms with van der Waals surface area (Å²) in [6, 6.07) is 4.29. The maximum absolute atomic E-state index is 12.1. The molecule has 0 radical (unpaired) electrons. The van der Waals surface area contributed by atoms with E-state index in [-0.39, 0.29) is 11.6 Å². The van der Waals surface area contributed by atoms with Crippen molar-refractivity contribution in [2.24, 2.45) is 0 Å². The third kappa shape index (κ3) is 3.43. The maximum atomic E-state index is 12.1. The summed E-state index contributed by atoms with van der Waals surface area (Å²) >= 11 is 5.57. The standard InChI is InChI=1S/C12H15ClN2O3/c1-9-4-5-10(15(17)18)8-11(9)12(16)14(2)7-3-6-13/h4-5,8H,3,6-7H2,1-2H3. The van der Waals surface area contributed by atoms with Gasteiger partial charge < -0.3 is 4.90 Å². The number of benzene rings is 1. The van der Waals surface area contributed by atoms with Crippen molar-refractivity contribution in [3.8, 4) is 0 Å². The highest BCUT2D eigenvalue weighted by atomic mass is 35.5. The molecule has 0 spiro atoms. The van der Waals surface area contributed by atoms with Crippen LogP contribution in [0.4, 0.5) is 5.69 Å². The summed E-state index contributed by atoms with van der Waals surface area (Å²) in [7, 11) is 1.66. The maximum Gasteiger partial charge on any atom is 0.270 e. The molecule has 1 amide bonds. The number of halogens is 1. The van der Waals surface area contributed by atoms with E-state index in [1.54, 1.807) is 20.0 Å². The second-order valence-corrected chi connectivity index (χ2v) is 4.40. The highest BCUT2D eigenvalue weighted by Crippen LogP contribution is 2.18. The number of nitro benzene ring substituents is 1. The van der Waals surface area contributed by atoms with Crippen LogP contribution in [-0.4, -0.2) is 35.2 Å². The minimum Gasteiger partial charge on any atom is -0.342 e. The molecule has 0 fully saturated rings. The second kappa shape index (κ2) is 6.35. The van der Waals surface area contributed by atoms with Crippen molar-refractivity contribution in [1.82, 2.24) is 4.90 Å². The van der Waals surface area contributed by atoms with Gasteiger partial charge >= 0.3 is 0 Å². The molecule has 98 valence electrons. The number of hydrogen-bond acceptors (Lipinski definition) is 3. The van der Waals surface area contributed by atoms with Gasteiger partial charge in [0.15, 0.2) is 0 Å². The molecule has 0 heterocycles. The smallest absolute Gasteiger partial charge is 0.270 e. The number of aryl methyl sites for hydroxylation is 1. The van der Waals surface area contributed by atoms with Gasteiger partial charge in [0.05, 0.1) is 4.92 Å². The van der Waals surface area contributed by atoms with Crippen molar-refractivity contribution in [3.05, 3.63) is 39.4 Å². The molecule has 0 aliphatic heterocycles. The van der Waals surface area contributed by atoms with Crippen molar-refractivity contribution < 1.29 is 9.72 Å². The van der Waals surface area contributed by atoms with Crippen LogP contribution >= 0.6 is 11.6 Å². The number of non-ortho nitro benzene ring substituents is 1. The van der Waals surface area contributed by atoms with Gasteiger partial charge in [-0.25, -0.2) is 0 Å². The molecule has 0 unspecified atom stereocenters. The molecule has 1 aromatic carbocycles. The lowest BCUT2D eigenvalue weighted by Gasteiger charge is -2.17. The number of nitro groups is 1. The summed E-state index contributed by atoms with van der Waals surface area (Å²) in [4.78, 5) is 23.8. The van der Waals surface area contributed by atoms with E-state index in [0.29, 0.717) is 24.4 Å². The summed E-state index contributed by atoms with van der Waals surface area (Å²) in [5.74, 6) is 0.257. The topological polar surface area (TPSA) is 63.5 Å². The minimum absolute atomic E-state index is 0.0744. The van der Waals surface area contributed by atoms with E-state index >= 15 is 0 Å². The van der Waals surface area contributed by atoms with Gasteiger partial charge in [0.25, 0.3) is 11.6 Å². The van der Waals surface area contributed by atoms with Crippen molar-refractivity contribution in [3.63, 3.8) is 0 Å². The van der Waals surface area contributed by atoms with Gasteiger partial charge in [-0.2, -0.15) is 0 Å². The molecule has 5 nitrogen and oxygen atoms in total. The number of carbonyl (C=O) groups is 1. The molecule has 18 heavy (non-hydrogen) atoms. The molecule has 0 bridgehead atoms. The Morgan fingerprint density at radius 2 is 2.17 bits per heavy atom. The zero-order valence-electron chi connectivity index (χ0n) is 10.4. The highest BCUT2D eigenvalue weighted by Gasteiger charge is 2.17. The normalized spacial score (nSPS) is 10.2. The van der Waals surface area contributed by atoms with Crippen LogP contribution in [0, 0.1) is 17.0 Å². The van der Waals surface area contributed by atoms with Crippen LogP contribution in [0.2, 0.25) is 0 Å². The summed E-state index contributed by atoms with van der Waals surface area (Å²) in [6.07, 6.45) is 0.692. The van der Waals surface area contributed by atoms with Crippen LogP contribution in [-0.2, 0) is 0 Å². The van der Waals surface area contributed by atoms with Crippen molar-refractivity contribution in [1.29, 1.82) is 0 Å². The highest BCUT2D eigenvalue weighted by molar-refractivity contribution is 6.17. The Hall–Kier alpha value is -1.62. The molecule has 0 saturated carbocycles.